The number of nitrogens with zero attached hydrogens (tertiary/aromatic N) is 1. The number of hydrogen-bond acceptors (Lipinski definition) is 2. The van der Waals surface area contributed by atoms with Crippen molar-refractivity contribution in [2.45, 2.75) is 6.92 Å². The van der Waals surface area contributed by atoms with Crippen molar-refractivity contribution in [3.63, 3.8) is 0 Å². The normalized spacial score (nSPS) is 10.4. The van der Waals surface area contributed by atoms with Crippen LogP contribution in [0.5, 0.6) is 0 Å². The first-order chi connectivity index (χ1) is 8.49. The van der Waals surface area contributed by atoms with Crippen molar-refractivity contribution in [3.05, 3.63) is 64.7 Å². The summed E-state index contributed by atoms with van der Waals surface area (Å²) in [7, 11) is 0. The van der Waals surface area contributed by atoms with Gasteiger partial charge in [0.05, 0.1) is 0 Å². The lowest BCUT2D eigenvalue weighted by atomic mass is 10.0. The van der Waals surface area contributed by atoms with E-state index < -0.39 is 23.2 Å². The molecule has 5 heteroatoms. The third-order valence-corrected chi connectivity index (χ3v) is 2.40. The van der Waals surface area contributed by atoms with Gasteiger partial charge >= 0.3 is 0 Å². The number of carbonyl (C=O) groups excluding carboxylic acids is 1. The fourth-order valence-electron chi connectivity index (χ4n) is 1.54. The van der Waals surface area contributed by atoms with Crippen molar-refractivity contribution in [1.29, 1.82) is 0 Å². The molecule has 0 unspecified atom stereocenters. The highest BCUT2D eigenvalue weighted by Gasteiger charge is 2.16. The molecule has 0 aliphatic heterocycles. The van der Waals surface area contributed by atoms with E-state index in [-0.39, 0.29) is 11.1 Å². The largest absolute Gasteiger partial charge is 0.289 e. The highest BCUT2D eigenvalue weighted by atomic mass is 19.2. The second kappa shape index (κ2) is 4.60. The lowest BCUT2D eigenvalue weighted by molar-refractivity contribution is 0.103. The van der Waals surface area contributed by atoms with E-state index in [0.29, 0.717) is 17.8 Å². The fraction of sp³-hybridized carbons (Fsp3) is 0.0769. The number of halogens is 3. The minimum atomic E-state index is -1.59. The van der Waals surface area contributed by atoms with Crippen molar-refractivity contribution >= 4 is 5.78 Å². The Kier molecular flexibility index (Phi) is 3.14. The topological polar surface area (TPSA) is 30.0 Å². The van der Waals surface area contributed by atoms with Crippen LogP contribution in [0.1, 0.15) is 21.6 Å². The maximum Gasteiger partial charge on any atom is 0.194 e. The Morgan fingerprint density at radius 3 is 2.22 bits per heavy atom. The molecule has 0 aliphatic carbocycles. The first-order valence-electron chi connectivity index (χ1n) is 5.11. The van der Waals surface area contributed by atoms with Gasteiger partial charge in [0.2, 0.25) is 0 Å². The van der Waals surface area contributed by atoms with Crippen LogP contribution in [0.4, 0.5) is 13.2 Å². The Labute approximate surface area is 101 Å². The number of hydrogen-bond donors (Lipinski definition) is 0. The van der Waals surface area contributed by atoms with Crippen molar-refractivity contribution in [2.24, 2.45) is 0 Å². The van der Waals surface area contributed by atoms with Crippen LogP contribution in [0.2, 0.25) is 0 Å². The molecule has 1 aromatic carbocycles. The van der Waals surface area contributed by atoms with E-state index >= 15 is 0 Å². The second-order valence-electron chi connectivity index (χ2n) is 3.77. The Morgan fingerprint density at radius 2 is 1.67 bits per heavy atom. The SMILES string of the molecule is Cc1cc(C(=O)c2cc(F)c(F)c(F)c2)ccn1. The fourth-order valence-corrected chi connectivity index (χ4v) is 1.54. The summed E-state index contributed by atoms with van der Waals surface area (Å²) in [6.07, 6.45) is 1.42. The molecule has 2 aromatic rings. The molecule has 0 spiro atoms. The van der Waals surface area contributed by atoms with Gasteiger partial charge in [0.1, 0.15) is 0 Å². The van der Waals surface area contributed by atoms with Crippen LogP contribution < -0.4 is 0 Å². The zero-order chi connectivity index (χ0) is 13.3. The van der Waals surface area contributed by atoms with Crippen molar-refractivity contribution in [3.8, 4) is 0 Å². The molecular weight excluding hydrogens is 243 g/mol. The lowest BCUT2D eigenvalue weighted by Crippen LogP contribution is -2.05. The van der Waals surface area contributed by atoms with Crippen molar-refractivity contribution in [2.75, 3.05) is 0 Å². The molecular formula is C13H8F3NO. The summed E-state index contributed by atoms with van der Waals surface area (Å²) in [5.74, 6) is -4.94. The summed E-state index contributed by atoms with van der Waals surface area (Å²) in [6.45, 7) is 1.68. The van der Waals surface area contributed by atoms with Crippen LogP contribution in [0.15, 0.2) is 30.5 Å². The number of aromatic nitrogens is 1. The summed E-state index contributed by atoms with van der Waals surface area (Å²) >= 11 is 0. The molecule has 2 nitrogen and oxygen atoms in total. The van der Waals surface area contributed by atoms with E-state index in [0.717, 1.165) is 0 Å². The van der Waals surface area contributed by atoms with E-state index in [2.05, 4.69) is 4.98 Å². The van der Waals surface area contributed by atoms with Crippen LogP contribution in [0.3, 0.4) is 0 Å². The molecule has 0 amide bonds. The molecule has 92 valence electrons. The van der Waals surface area contributed by atoms with Crippen molar-refractivity contribution in [1.82, 2.24) is 4.98 Å². The van der Waals surface area contributed by atoms with Gasteiger partial charge in [-0.25, -0.2) is 13.2 Å². The molecule has 0 saturated heterocycles. The Hall–Kier alpha value is -2.17. The van der Waals surface area contributed by atoms with Crippen molar-refractivity contribution < 1.29 is 18.0 Å². The molecule has 2 rings (SSSR count). The monoisotopic (exact) mass is 251 g/mol. The Balaban J connectivity index is 2.47. The maximum absolute atomic E-state index is 13.0. The predicted molar refractivity (Wildman–Crippen MR) is 58.7 cm³/mol. The highest BCUT2D eigenvalue weighted by Crippen LogP contribution is 2.17. The zero-order valence-corrected chi connectivity index (χ0v) is 9.38. The molecule has 1 aromatic heterocycles. The summed E-state index contributed by atoms with van der Waals surface area (Å²) in [5, 5.41) is 0. The van der Waals surface area contributed by atoms with Crippen LogP contribution in [-0.4, -0.2) is 10.8 Å². The van der Waals surface area contributed by atoms with Crippen LogP contribution in [-0.2, 0) is 0 Å². The molecule has 0 radical (unpaired) electrons. The van der Waals surface area contributed by atoms with E-state index in [1.165, 1.54) is 18.3 Å². The third-order valence-electron chi connectivity index (χ3n) is 2.40. The molecule has 0 fully saturated rings. The molecule has 1 heterocycles. The standard InChI is InChI=1S/C13H8F3NO/c1-7-4-8(2-3-17-7)13(18)9-5-10(14)12(16)11(15)6-9/h2-6H,1H3. The van der Waals surface area contributed by atoms with E-state index in [4.69, 9.17) is 0 Å². The first kappa shape index (κ1) is 12.3. The molecule has 0 N–H and O–H groups in total. The number of ketones is 1. The Bertz CT molecular complexity index is 602. The summed E-state index contributed by atoms with van der Waals surface area (Å²) in [6, 6.07) is 4.27. The van der Waals surface area contributed by atoms with Gasteiger partial charge in [-0.2, -0.15) is 0 Å². The molecule has 0 aliphatic rings. The van der Waals surface area contributed by atoms with Gasteiger partial charge in [-0.3, -0.25) is 9.78 Å². The number of carbonyl (C=O) groups is 1. The quantitative estimate of drug-likeness (QED) is 0.606. The predicted octanol–water partition coefficient (Wildman–Crippen LogP) is 3.04. The van der Waals surface area contributed by atoms with E-state index in [1.807, 2.05) is 0 Å². The second-order valence-corrected chi connectivity index (χ2v) is 3.77. The van der Waals surface area contributed by atoms with Gasteiger partial charge in [-0.05, 0) is 31.2 Å². The average molecular weight is 251 g/mol. The highest BCUT2D eigenvalue weighted by molar-refractivity contribution is 6.08. The van der Waals surface area contributed by atoms with Crippen LogP contribution >= 0.6 is 0 Å². The van der Waals surface area contributed by atoms with Crippen LogP contribution in [0, 0.1) is 24.4 Å². The summed E-state index contributed by atoms with van der Waals surface area (Å²) < 4.78 is 38.8. The summed E-state index contributed by atoms with van der Waals surface area (Å²) in [4.78, 5) is 15.8. The molecule has 18 heavy (non-hydrogen) atoms. The van der Waals surface area contributed by atoms with E-state index in [9.17, 15) is 18.0 Å². The minimum Gasteiger partial charge on any atom is -0.289 e. The number of pyridine rings is 1. The van der Waals surface area contributed by atoms with Crippen LogP contribution in [0.25, 0.3) is 0 Å². The van der Waals surface area contributed by atoms with Gasteiger partial charge in [-0.1, -0.05) is 0 Å². The van der Waals surface area contributed by atoms with Gasteiger partial charge in [0, 0.05) is 23.0 Å². The maximum atomic E-state index is 13.0. The van der Waals surface area contributed by atoms with Gasteiger partial charge in [0.15, 0.2) is 23.2 Å². The van der Waals surface area contributed by atoms with Gasteiger partial charge in [0.25, 0.3) is 0 Å². The number of benzene rings is 1. The summed E-state index contributed by atoms with van der Waals surface area (Å²) in [5.41, 5.74) is 0.605. The minimum absolute atomic E-state index is 0.239. The average Bonchev–Trinajstić information content (AvgIpc) is 2.34. The molecule has 0 saturated carbocycles. The number of rotatable bonds is 2. The Morgan fingerprint density at radius 1 is 1.06 bits per heavy atom. The molecule has 0 atom stereocenters. The first-order valence-corrected chi connectivity index (χ1v) is 5.11. The lowest BCUT2D eigenvalue weighted by Gasteiger charge is -2.03. The molecule has 0 bridgehead atoms. The zero-order valence-electron chi connectivity index (χ0n) is 9.38. The van der Waals surface area contributed by atoms with E-state index in [1.54, 1.807) is 6.92 Å². The van der Waals surface area contributed by atoms with Gasteiger partial charge < -0.3 is 0 Å². The number of aryl methyl sites for hydroxylation is 1. The third kappa shape index (κ3) is 2.25. The van der Waals surface area contributed by atoms with Gasteiger partial charge in [-0.15, -0.1) is 0 Å². The smallest absolute Gasteiger partial charge is 0.194 e.